The van der Waals surface area contributed by atoms with E-state index in [2.05, 4.69) is 17.5 Å². The van der Waals surface area contributed by atoms with Crippen molar-refractivity contribution >= 4 is 16.9 Å². The molecule has 0 spiro atoms. The lowest BCUT2D eigenvalue weighted by Gasteiger charge is -2.23. The van der Waals surface area contributed by atoms with Crippen LogP contribution in [0.2, 0.25) is 0 Å². The van der Waals surface area contributed by atoms with Crippen LogP contribution in [-0.2, 0) is 4.79 Å². The van der Waals surface area contributed by atoms with Crippen LogP contribution >= 0.6 is 0 Å². The van der Waals surface area contributed by atoms with Gasteiger partial charge < -0.3 is 14.6 Å². The molecule has 0 saturated carbocycles. The third-order valence-electron chi connectivity index (χ3n) is 4.96. The van der Waals surface area contributed by atoms with Gasteiger partial charge >= 0.3 is 0 Å². The Balaban J connectivity index is 1.48. The van der Waals surface area contributed by atoms with Crippen molar-refractivity contribution in [1.82, 2.24) is 10.2 Å². The number of likely N-dealkylation sites (tertiary alicyclic amines) is 1. The van der Waals surface area contributed by atoms with Crippen LogP contribution in [0, 0.1) is 11.3 Å². The van der Waals surface area contributed by atoms with Crippen LogP contribution < -0.4 is 5.32 Å². The Morgan fingerprint density at radius 2 is 2.26 bits per heavy atom. The third-order valence-corrected chi connectivity index (χ3v) is 4.96. The number of hydrogen-bond acceptors (Lipinski definition) is 4. The maximum atomic E-state index is 12.6. The first kappa shape index (κ1) is 14.3. The van der Waals surface area contributed by atoms with Gasteiger partial charge in [-0.3, -0.25) is 4.79 Å². The van der Waals surface area contributed by atoms with Crippen LogP contribution in [0.3, 0.4) is 0 Å². The zero-order valence-corrected chi connectivity index (χ0v) is 12.9. The zero-order chi connectivity index (χ0) is 15.8. The van der Waals surface area contributed by atoms with E-state index in [1.165, 1.54) is 0 Å². The molecule has 3 atom stereocenters. The van der Waals surface area contributed by atoms with Gasteiger partial charge in [0.1, 0.15) is 17.4 Å². The maximum absolute atomic E-state index is 12.6. The van der Waals surface area contributed by atoms with Crippen molar-refractivity contribution in [2.24, 2.45) is 0 Å². The first-order chi connectivity index (χ1) is 11.3. The van der Waals surface area contributed by atoms with Gasteiger partial charge in [0.15, 0.2) is 0 Å². The minimum Gasteiger partial charge on any atom is -0.461 e. The highest BCUT2D eigenvalue weighted by Crippen LogP contribution is 2.32. The van der Waals surface area contributed by atoms with E-state index in [0.29, 0.717) is 6.54 Å². The Morgan fingerprint density at radius 1 is 1.39 bits per heavy atom. The van der Waals surface area contributed by atoms with Gasteiger partial charge in [0.2, 0.25) is 5.91 Å². The van der Waals surface area contributed by atoms with E-state index in [4.69, 9.17) is 9.68 Å². The highest BCUT2D eigenvalue weighted by molar-refractivity contribution is 5.83. The molecule has 2 saturated heterocycles. The fourth-order valence-electron chi connectivity index (χ4n) is 3.71. The summed E-state index contributed by atoms with van der Waals surface area (Å²) in [7, 11) is 0. The van der Waals surface area contributed by atoms with Gasteiger partial charge in [0.05, 0.1) is 12.1 Å². The molecule has 3 heterocycles. The molecule has 23 heavy (non-hydrogen) atoms. The minimum atomic E-state index is -0.255. The number of nitriles is 1. The Bertz CT molecular complexity index is 743. The fraction of sp³-hybridized carbons (Fsp3) is 0.444. The molecule has 0 bridgehead atoms. The van der Waals surface area contributed by atoms with Crippen molar-refractivity contribution in [3.8, 4) is 6.07 Å². The van der Waals surface area contributed by atoms with E-state index in [0.717, 1.165) is 42.5 Å². The topological polar surface area (TPSA) is 69.3 Å². The van der Waals surface area contributed by atoms with Crippen LogP contribution in [0.15, 0.2) is 34.7 Å². The van der Waals surface area contributed by atoms with E-state index in [1.807, 2.05) is 24.3 Å². The molecule has 1 aromatic carbocycles. The summed E-state index contributed by atoms with van der Waals surface area (Å²) in [5.41, 5.74) is 0.890. The summed E-state index contributed by atoms with van der Waals surface area (Å²) < 4.78 is 5.93. The first-order valence-corrected chi connectivity index (χ1v) is 8.18. The smallest absolute Gasteiger partial charge is 0.240 e. The predicted octanol–water partition coefficient (Wildman–Crippen LogP) is 2.39. The van der Waals surface area contributed by atoms with E-state index in [9.17, 15) is 4.79 Å². The summed E-state index contributed by atoms with van der Waals surface area (Å²) in [5, 5.41) is 13.6. The Kier molecular flexibility index (Phi) is 3.55. The molecule has 5 nitrogen and oxygen atoms in total. The van der Waals surface area contributed by atoms with Crippen molar-refractivity contribution < 1.29 is 9.21 Å². The quantitative estimate of drug-likeness (QED) is 0.925. The average molecular weight is 309 g/mol. The number of amides is 1. The standard InChI is InChI=1S/C18H19N3O2/c19-10-14-5-3-7-21(14)18(22)15-8-13(11-20-15)17-9-12-4-1-2-6-16(12)23-17/h1-2,4,6,9,13-15,20H,3,5,7-8,11H2/t13-,14-,15-/m0/s1. The van der Waals surface area contributed by atoms with Gasteiger partial charge in [-0.15, -0.1) is 0 Å². The summed E-state index contributed by atoms with van der Waals surface area (Å²) in [6, 6.07) is 11.8. The van der Waals surface area contributed by atoms with Gasteiger partial charge in [-0.1, -0.05) is 18.2 Å². The van der Waals surface area contributed by atoms with Gasteiger partial charge in [-0.2, -0.15) is 5.26 Å². The summed E-state index contributed by atoms with van der Waals surface area (Å²) in [5.74, 6) is 1.21. The van der Waals surface area contributed by atoms with Gasteiger partial charge in [0, 0.05) is 24.4 Å². The minimum absolute atomic E-state index is 0.0626. The van der Waals surface area contributed by atoms with Gasteiger partial charge in [-0.25, -0.2) is 0 Å². The number of carbonyl (C=O) groups excluding carboxylic acids is 1. The number of carbonyl (C=O) groups is 1. The molecule has 1 aromatic heterocycles. The molecule has 2 aromatic rings. The summed E-state index contributed by atoms with van der Waals surface area (Å²) in [6.07, 6.45) is 2.44. The normalized spacial score (nSPS) is 27.4. The molecule has 0 radical (unpaired) electrons. The highest BCUT2D eigenvalue weighted by atomic mass is 16.3. The monoisotopic (exact) mass is 309 g/mol. The van der Waals surface area contributed by atoms with Crippen LogP contribution in [0.4, 0.5) is 0 Å². The number of rotatable bonds is 2. The second-order valence-electron chi connectivity index (χ2n) is 6.40. The number of fused-ring (bicyclic) bond motifs is 1. The van der Waals surface area contributed by atoms with Crippen molar-refractivity contribution in [1.29, 1.82) is 5.26 Å². The van der Waals surface area contributed by atoms with Crippen LogP contribution in [0.25, 0.3) is 11.0 Å². The molecule has 1 amide bonds. The average Bonchev–Trinajstić information content (AvgIpc) is 3.30. The molecular formula is C18H19N3O2. The van der Waals surface area contributed by atoms with Crippen LogP contribution in [-0.4, -0.2) is 36.0 Å². The largest absolute Gasteiger partial charge is 0.461 e. The second kappa shape index (κ2) is 5.71. The maximum Gasteiger partial charge on any atom is 0.240 e. The fourth-order valence-corrected chi connectivity index (χ4v) is 3.71. The van der Waals surface area contributed by atoms with Crippen molar-refractivity contribution in [3.05, 3.63) is 36.1 Å². The lowest BCUT2D eigenvalue weighted by atomic mass is 10.0. The van der Waals surface area contributed by atoms with Gasteiger partial charge in [0.25, 0.3) is 0 Å². The van der Waals surface area contributed by atoms with Crippen molar-refractivity contribution in [2.45, 2.75) is 37.3 Å². The number of hydrogen-bond donors (Lipinski definition) is 1. The van der Waals surface area contributed by atoms with Crippen molar-refractivity contribution in [3.63, 3.8) is 0 Å². The number of furan rings is 1. The van der Waals surface area contributed by atoms with E-state index < -0.39 is 0 Å². The molecule has 2 fully saturated rings. The molecule has 118 valence electrons. The predicted molar refractivity (Wildman–Crippen MR) is 85.7 cm³/mol. The molecule has 0 unspecified atom stereocenters. The molecule has 0 aliphatic carbocycles. The summed E-state index contributed by atoms with van der Waals surface area (Å²) in [6.45, 7) is 1.44. The third kappa shape index (κ3) is 2.49. The Hall–Kier alpha value is -2.32. The molecule has 4 rings (SSSR count). The number of nitrogens with zero attached hydrogens (tertiary/aromatic N) is 2. The Morgan fingerprint density at radius 3 is 3.09 bits per heavy atom. The molecule has 5 heteroatoms. The zero-order valence-electron chi connectivity index (χ0n) is 12.9. The number of para-hydroxylation sites is 1. The summed E-state index contributed by atoms with van der Waals surface area (Å²) in [4.78, 5) is 14.4. The van der Waals surface area contributed by atoms with Gasteiger partial charge in [-0.05, 0) is 31.4 Å². The van der Waals surface area contributed by atoms with Crippen LogP contribution in [0.5, 0.6) is 0 Å². The lowest BCUT2D eigenvalue weighted by Crippen LogP contribution is -2.45. The number of nitrogens with one attached hydrogen (secondary N) is 1. The summed E-state index contributed by atoms with van der Waals surface area (Å²) >= 11 is 0. The van der Waals surface area contributed by atoms with E-state index >= 15 is 0 Å². The molecule has 2 aliphatic heterocycles. The number of benzene rings is 1. The van der Waals surface area contributed by atoms with Crippen molar-refractivity contribution in [2.75, 3.05) is 13.1 Å². The molecule has 2 aliphatic rings. The first-order valence-electron chi connectivity index (χ1n) is 8.18. The molecular weight excluding hydrogens is 290 g/mol. The molecule has 1 N–H and O–H groups in total. The highest BCUT2D eigenvalue weighted by Gasteiger charge is 2.38. The van der Waals surface area contributed by atoms with Crippen LogP contribution in [0.1, 0.15) is 30.9 Å². The van der Waals surface area contributed by atoms with E-state index in [-0.39, 0.29) is 23.9 Å². The van der Waals surface area contributed by atoms with E-state index in [1.54, 1.807) is 4.90 Å². The second-order valence-corrected chi connectivity index (χ2v) is 6.40. The Labute approximate surface area is 134 Å². The SMILES string of the molecule is N#C[C@@H]1CCCN1C(=O)[C@@H]1C[C@H](c2cc3ccccc3o2)CN1. The lowest BCUT2D eigenvalue weighted by molar-refractivity contribution is -0.133.